The number of thioether (sulfide) groups is 1. The first-order valence-electron chi connectivity index (χ1n) is 21.2. The van der Waals surface area contributed by atoms with Gasteiger partial charge in [-0.3, -0.25) is 23.9 Å². The molecule has 71 heavy (non-hydrogen) atoms. The highest BCUT2D eigenvalue weighted by Crippen LogP contribution is 2.50. The summed E-state index contributed by atoms with van der Waals surface area (Å²) in [6, 6.07) is 6.31. The van der Waals surface area contributed by atoms with Gasteiger partial charge in [0, 0.05) is 45.4 Å². The summed E-state index contributed by atoms with van der Waals surface area (Å²) in [5, 5.41) is 20.4. The van der Waals surface area contributed by atoms with Gasteiger partial charge in [-0.1, -0.05) is 44.5 Å². The molecule has 0 fully saturated rings. The number of carbonyl (C=O) groups is 4. The third-order valence-electron chi connectivity index (χ3n) is 11.4. The van der Waals surface area contributed by atoms with Crippen LogP contribution in [0, 0.1) is 17.6 Å². The number of ether oxygens (including phenoxy) is 1. The second-order valence-electron chi connectivity index (χ2n) is 16.9. The Kier molecular flexibility index (Phi) is 16.2. The van der Waals surface area contributed by atoms with E-state index in [1.807, 2.05) is 25.4 Å². The molecule has 27 heteroatoms. The number of nitrogens with one attached hydrogen (secondary N) is 2. The summed E-state index contributed by atoms with van der Waals surface area (Å²) in [5.41, 5.74) is -4.01. The summed E-state index contributed by atoms with van der Waals surface area (Å²) in [5.74, 6) is -12.5. The van der Waals surface area contributed by atoms with Crippen molar-refractivity contribution in [3.8, 4) is 11.1 Å². The zero-order valence-electron chi connectivity index (χ0n) is 38.0. The molecule has 14 nitrogen and oxygen atoms in total. The lowest BCUT2D eigenvalue weighted by atomic mass is 9.93. The number of benzene rings is 2. The molecule has 3 aromatic heterocycles. The van der Waals surface area contributed by atoms with Crippen LogP contribution in [0.2, 0.25) is 5.02 Å². The van der Waals surface area contributed by atoms with Gasteiger partial charge in [0.2, 0.25) is 5.91 Å². The minimum Gasteiger partial charge on any atom is -0.474 e. The van der Waals surface area contributed by atoms with Gasteiger partial charge < -0.3 is 20.5 Å². The van der Waals surface area contributed by atoms with Crippen LogP contribution >= 0.6 is 35.3 Å². The van der Waals surface area contributed by atoms with E-state index in [4.69, 9.17) is 26.4 Å². The van der Waals surface area contributed by atoms with E-state index in [0.29, 0.717) is 34.8 Å². The molecule has 0 saturated carbocycles. The van der Waals surface area contributed by atoms with E-state index >= 15 is 8.78 Å². The van der Waals surface area contributed by atoms with E-state index in [9.17, 15) is 54.3 Å². The smallest absolute Gasteiger partial charge is 0.435 e. The van der Waals surface area contributed by atoms with Gasteiger partial charge >= 0.3 is 30.3 Å². The zero-order chi connectivity index (χ0) is 52.5. The molecule has 0 aliphatic heterocycles. The molecular formula is C44H43ClF10N8O6S2. The molecule has 6 rings (SSSR count). The number of amides is 3. The molecule has 384 valence electrons. The maximum absolute atomic E-state index is 15.5. The number of aryl methyl sites for hydroxylation is 1. The Hall–Kier alpha value is -5.76. The number of hydrogen-bond donors (Lipinski definition) is 3. The van der Waals surface area contributed by atoms with Gasteiger partial charge in [-0.15, -0.1) is 0 Å². The topological polar surface area (TPSA) is 174 Å². The van der Waals surface area contributed by atoms with E-state index in [1.54, 1.807) is 0 Å². The van der Waals surface area contributed by atoms with Crippen LogP contribution in [0.5, 0.6) is 0 Å². The van der Waals surface area contributed by atoms with Gasteiger partial charge in [0.1, 0.15) is 37.0 Å². The van der Waals surface area contributed by atoms with Crippen molar-refractivity contribution in [1.82, 2.24) is 35.2 Å². The number of halogens is 11. The Balaban J connectivity index is 1.55. The third-order valence-corrected chi connectivity index (χ3v) is 13.7. The van der Waals surface area contributed by atoms with Gasteiger partial charge in [0.05, 0.1) is 34.2 Å². The van der Waals surface area contributed by atoms with Crippen LogP contribution in [0.1, 0.15) is 67.1 Å². The standard InChI is InChI=1S/C44H43ClF10N8O6S2/c1-21-14-28-35(44(53,54)55)59-61(36(28)43(21,51)52)19-31(64)58-30(17-22-15-23(46)18-24(47)16-22)33-26(7-6-25(57-33)10-11-41(2,3)70-4)27-8-9-29(45)32-34(27)62(20-42(48,49)50)60-37(32)63(71-5)40(68)69-13-12-56-38(65)39(66)67/h6-9,15-16,18,21,30H,10-14,17,19-20H2,1-5H3,(H,56,65)(H,58,64)(H,66,67)/t21-,30?/m1/s1. The van der Waals surface area contributed by atoms with Crippen molar-refractivity contribution in [2.24, 2.45) is 5.92 Å². The molecular weight excluding hydrogens is 1030 g/mol. The predicted octanol–water partition coefficient (Wildman–Crippen LogP) is 9.69. The van der Waals surface area contributed by atoms with Crippen LogP contribution in [-0.4, -0.2) is 90.1 Å². The molecule has 3 heterocycles. The van der Waals surface area contributed by atoms with Crippen molar-refractivity contribution in [2.45, 2.75) is 88.6 Å². The van der Waals surface area contributed by atoms with Crippen molar-refractivity contribution in [1.29, 1.82) is 0 Å². The first-order valence-corrected chi connectivity index (χ1v) is 24.0. The molecule has 2 aromatic carbocycles. The first-order chi connectivity index (χ1) is 33.0. The van der Waals surface area contributed by atoms with Gasteiger partial charge in [-0.25, -0.2) is 18.4 Å². The molecule has 3 amide bonds. The Morgan fingerprint density at radius 2 is 1.65 bits per heavy atom. The number of carboxylic acids is 1. The molecule has 5 aromatic rings. The Morgan fingerprint density at radius 3 is 2.25 bits per heavy atom. The maximum atomic E-state index is 15.5. The van der Waals surface area contributed by atoms with Crippen molar-refractivity contribution in [3.05, 3.63) is 93.0 Å². The number of aromatic nitrogens is 5. The van der Waals surface area contributed by atoms with Crippen LogP contribution in [0.25, 0.3) is 22.0 Å². The van der Waals surface area contributed by atoms with Gasteiger partial charge in [-0.05, 0) is 73.7 Å². The fraction of sp³-hybridized carbons (Fsp3) is 0.432. The number of pyridine rings is 1. The van der Waals surface area contributed by atoms with E-state index in [2.05, 4.69) is 15.5 Å². The van der Waals surface area contributed by atoms with Gasteiger partial charge in [0.25, 0.3) is 5.92 Å². The summed E-state index contributed by atoms with van der Waals surface area (Å²) in [7, 11) is 0. The molecule has 1 unspecified atom stereocenters. The number of aliphatic carboxylic acids is 1. The highest BCUT2D eigenvalue weighted by molar-refractivity contribution is 8.00. The van der Waals surface area contributed by atoms with E-state index in [1.165, 1.54) is 42.3 Å². The normalized spacial score (nSPS) is 15.1. The maximum Gasteiger partial charge on any atom is 0.435 e. The largest absolute Gasteiger partial charge is 0.474 e. The zero-order valence-corrected chi connectivity index (χ0v) is 40.4. The summed E-state index contributed by atoms with van der Waals surface area (Å²) >= 11 is 8.85. The number of rotatable bonds is 17. The molecule has 3 N–H and O–H groups in total. The van der Waals surface area contributed by atoms with Gasteiger partial charge in [0.15, 0.2) is 11.5 Å². The average Bonchev–Trinajstić information content (AvgIpc) is 3.89. The first kappa shape index (κ1) is 54.6. The minimum atomic E-state index is -5.18. The molecule has 0 spiro atoms. The van der Waals surface area contributed by atoms with Gasteiger partial charge in [-0.2, -0.15) is 61.4 Å². The number of nitrogens with zero attached hydrogens (tertiary/aromatic N) is 6. The number of anilines is 1. The van der Waals surface area contributed by atoms with Crippen LogP contribution in [0.3, 0.4) is 0 Å². The Bertz CT molecular complexity index is 2840. The van der Waals surface area contributed by atoms with Crippen LogP contribution in [-0.2, 0) is 63.6 Å². The second-order valence-corrected chi connectivity index (χ2v) is 19.6. The summed E-state index contributed by atoms with van der Waals surface area (Å²) < 4.78 is 153. The molecule has 0 bridgehead atoms. The SMILES string of the molecule is CSN(C(=O)OCCNC(=O)C(=O)O)c1nn(CC(F)(F)F)c2c(-c3ccc(CCC(C)(C)SC)nc3C(Cc3cc(F)cc(F)c3)NC(=O)Cn3nc(C(F)(F)F)c4c3C(F)(F)[C@H](C)C4)ccc(Cl)c12. The molecule has 1 aliphatic carbocycles. The molecule has 0 radical (unpaired) electrons. The highest BCUT2D eigenvalue weighted by Gasteiger charge is 2.54. The lowest BCUT2D eigenvalue weighted by Gasteiger charge is -2.25. The Labute approximate surface area is 411 Å². The van der Waals surface area contributed by atoms with E-state index < -0.39 is 128 Å². The summed E-state index contributed by atoms with van der Waals surface area (Å²) in [6.45, 7) is 0.855. The lowest BCUT2D eigenvalue weighted by Crippen LogP contribution is -2.35. The molecule has 2 atom stereocenters. The number of hydrogen-bond acceptors (Lipinski definition) is 10. The van der Waals surface area contributed by atoms with Crippen molar-refractivity contribution in [3.63, 3.8) is 0 Å². The number of carboxylic acid groups (broad SMARTS) is 1. The number of carbonyl (C=O) groups excluding carboxylic acids is 3. The summed E-state index contributed by atoms with van der Waals surface area (Å²) in [4.78, 5) is 54.8. The monoisotopic (exact) mass is 1070 g/mol. The number of alkyl halides is 8. The van der Waals surface area contributed by atoms with Crippen LogP contribution in [0.15, 0.2) is 42.5 Å². The predicted molar refractivity (Wildman–Crippen MR) is 243 cm³/mol. The third kappa shape index (κ3) is 12.5. The molecule has 0 saturated heterocycles. The Morgan fingerprint density at radius 1 is 0.986 bits per heavy atom. The quantitative estimate of drug-likeness (QED) is 0.0350. The minimum absolute atomic E-state index is 0.0521. The van der Waals surface area contributed by atoms with Crippen LogP contribution < -0.4 is 14.9 Å². The average molecular weight is 1070 g/mol. The second kappa shape index (κ2) is 21.1. The number of fused-ring (bicyclic) bond motifs is 2. The van der Waals surface area contributed by atoms with E-state index in [0.717, 1.165) is 23.4 Å². The van der Waals surface area contributed by atoms with E-state index in [-0.39, 0.29) is 54.2 Å². The molecule has 1 aliphatic rings. The fourth-order valence-corrected chi connectivity index (χ4v) is 8.95. The lowest BCUT2D eigenvalue weighted by molar-refractivity contribution is -0.150. The van der Waals surface area contributed by atoms with Crippen LogP contribution in [0.4, 0.5) is 54.5 Å². The fourth-order valence-electron chi connectivity index (χ4n) is 7.90. The van der Waals surface area contributed by atoms with Crippen molar-refractivity contribution >= 4 is 75.9 Å². The van der Waals surface area contributed by atoms with Crippen molar-refractivity contribution in [2.75, 3.05) is 30.0 Å². The highest BCUT2D eigenvalue weighted by atomic mass is 35.5. The van der Waals surface area contributed by atoms with Crippen molar-refractivity contribution < 1.29 is 72.9 Å². The summed E-state index contributed by atoms with van der Waals surface area (Å²) in [6.07, 6.45) is -8.69.